The molecule has 3 N–H and O–H groups in total. The molecule has 25 heavy (non-hydrogen) atoms. The van der Waals surface area contributed by atoms with Gasteiger partial charge in [-0.3, -0.25) is 15.2 Å². The van der Waals surface area contributed by atoms with Gasteiger partial charge in [0.2, 0.25) is 10.7 Å². The lowest BCUT2D eigenvalue weighted by Gasteiger charge is -2.07. The van der Waals surface area contributed by atoms with E-state index in [4.69, 9.17) is 29.6 Å². The standard InChI is InChI=1S/C15H12ClFN6OS/c16-11-7-9(1-2-12(11)17)13(24)8-22-15(25)23(14(18)21-22)20-10-3-5-19-6-4-10/h1-7H,8H2,(H2,18,21)(H,19,20). The number of benzene rings is 1. The van der Waals surface area contributed by atoms with Crippen molar-refractivity contribution < 1.29 is 9.18 Å². The molecule has 0 saturated carbocycles. The summed E-state index contributed by atoms with van der Waals surface area (Å²) in [5.74, 6) is -0.830. The zero-order chi connectivity index (χ0) is 18.0. The van der Waals surface area contributed by atoms with Gasteiger partial charge >= 0.3 is 0 Å². The molecule has 0 bridgehead atoms. The Morgan fingerprint density at radius 1 is 1.32 bits per heavy atom. The first-order valence-electron chi connectivity index (χ1n) is 7.06. The predicted molar refractivity (Wildman–Crippen MR) is 94.5 cm³/mol. The summed E-state index contributed by atoms with van der Waals surface area (Å²) in [6.07, 6.45) is 3.21. The molecule has 0 aliphatic carbocycles. The minimum absolute atomic E-state index is 0.0896. The molecule has 0 saturated heterocycles. The topological polar surface area (TPSA) is 90.8 Å². The van der Waals surface area contributed by atoms with E-state index in [0.29, 0.717) is 5.69 Å². The Morgan fingerprint density at radius 2 is 2.04 bits per heavy atom. The summed E-state index contributed by atoms with van der Waals surface area (Å²) in [6.45, 7) is -0.157. The molecule has 2 heterocycles. The maximum Gasteiger partial charge on any atom is 0.240 e. The van der Waals surface area contributed by atoms with E-state index < -0.39 is 5.82 Å². The lowest BCUT2D eigenvalue weighted by atomic mass is 10.1. The Balaban J connectivity index is 1.84. The highest BCUT2D eigenvalue weighted by Crippen LogP contribution is 2.17. The van der Waals surface area contributed by atoms with Crippen LogP contribution in [0.5, 0.6) is 0 Å². The van der Waals surface area contributed by atoms with Crippen molar-refractivity contribution in [3.63, 3.8) is 0 Å². The van der Waals surface area contributed by atoms with Crippen LogP contribution in [0.1, 0.15) is 10.4 Å². The molecule has 0 unspecified atom stereocenters. The third kappa shape index (κ3) is 3.67. The first-order valence-corrected chi connectivity index (χ1v) is 7.85. The van der Waals surface area contributed by atoms with Crippen LogP contribution in [0.2, 0.25) is 5.02 Å². The van der Waals surface area contributed by atoms with Crippen molar-refractivity contribution in [2.75, 3.05) is 11.2 Å². The Kier molecular flexibility index (Phi) is 4.77. The van der Waals surface area contributed by atoms with Crippen LogP contribution in [0.3, 0.4) is 0 Å². The number of pyridine rings is 1. The molecule has 0 atom stereocenters. The van der Waals surface area contributed by atoms with Crippen molar-refractivity contribution in [3.05, 3.63) is 63.9 Å². The van der Waals surface area contributed by atoms with Crippen LogP contribution in [0.15, 0.2) is 42.7 Å². The maximum absolute atomic E-state index is 13.2. The van der Waals surface area contributed by atoms with Crippen molar-refractivity contribution in [1.29, 1.82) is 0 Å². The zero-order valence-electron chi connectivity index (χ0n) is 12.7. The van der Waals surface area contributed by atoms with Gasteiger partial charge in [0.05, 0.1) is 10.7 Å². The number of nitrogens with zero attached hydrogens (tertiary/aromatic N) is 4. The molecule has 7 nitrogen and oxygen atoms in total. The quantitative estimate of drug-likeness (QED) is 0.524. The van der Waals surface area contributed by atoms with E-state index in [1.54, 1.807) is 24.5 Å². The fourth-order valence-electron chi connectivity index (χ4n) is 2.09. The highest BCUT2D eigenvalue weighted by atomic mass is 35.5. The Bertz CT molecular complexity index is 987. The van der Waals surface area contributed by atoms with Gasteiger partial charge in [0.25, 0.3) is 0 Å². The number of ketones is 1. The largest absolute Gasteiger partial charge is 0.366 e. The summed E-state index contributed by atoms with van der Waals surface area (Å²) < 4.78 is 16.1. The maximum atomic E-state index is 13.2. The highest BCUT2D eigenvalue weighted by molar-refractivity contribution is 7.71. The van der Waals surface area contributed by atoms with Crippen LogP contribution < -0.4 is 11.2 Å². The number of carbonyl (C=O) groups is 1. The van der Waals surface area contributed by atoms with Crippen molar-refractivity contribution in [2.45, 2.75) is 6.54 Å². The van der Waals surface area contributed by atoms with Crippen LogP contribution in [-0.2, 0) is 6.54 Å². The lowest BCUT2D eigenvalue weighted by Crippen LogP contribution is -2.14. The molecule has 2 aromatic heterocycles. The second kappa shape index (κ2) is 6.99. The first-order chi connectivity index (χ1) is 12.0. The molecule has 1 aromatic carbocycles. The monoisotopic (exact) mass is 378 g/mol. The van der Waals surface area contributed by atoms with Crippen LogP contribution in [0.25, 0.3) is 0 Å². The number of rotatable bonds is 5. The number of anilines is 2. The second-order valence-corrected chi connectivity index (χ2v) is 5.81. The molecular weight excluding hydrogens is 367 g/mol. The lowest BCUT2D eigenvalue weighted by molar-refractivity contribution is 0.0967. The summed E-state index contributed by atoms with van der Waals surface area (Å²) in [6, 6.07) is 7.20. The summed E-state index contributed by atoms with van der Waals surface area (Å²) in [7, 11) is 0. The van der Waals surface area contributed by atoms with E-state index in [2.05, 4.69) is 15.5 Å². The van der Waals surface area contributed by atoms with Crippen LogP contribution in [0.4, 0.5) is 16.0 Å². The minimum Gasteiger partial charge on any atom is -0.366 e. The van der Waals surface area contributed by atoms with Crippen molar-refractivity contribution in [3.8, 4) is 0 Å². The fourth-order valence-corrected chi connectivity index (χ4v) is 2.51. The van der Waals surface area contributed by atoms with E-state index in [1.165, 1.54) is 21.5 Å². The number of nitrogen functional groups attached to an aromatic ring is 1. The van der Waals surface area contributed by atoms with Crippen molar-refractivity contribution >= 4 is 41.2 Å². The Morgan fingerprint density at radius 3 is 2.72 bits per heavy atom. The summed E-state index contributed by atoms with van der Waals surface area (Å²) in [5.41, 5.74) is 9.78. The van der Waals surface area contributed by atoms with Gasteiger partial charge in [0.1, 0.15) is 12.4 Å². The molecule has 0 spiro atoms. The van der Waals surface area contributed by atoms with Gasteiger partial charge in [-0.1, -0.05) is 11.6 Å². The predicted octanol–water partition coefficient (Wildman–Crippen LogP) is 2.94. The number of Topliss-reactive ketones (excluding diaryl/α,β-unsaturated/α-hetero) is 1. The van der Waals surface area contributed by atoms with Gasteiger partial charge in [0, 0.05) is 18.0 Å². The van der Waals surface area contributed by atoms with Gasteiger partial charge in [-0.25, -0.2) is 9.07 Å². The molecule has 3 rings (SSSR count). The van der Waals surface area contributed by atoms with Crippen LogP contribution in [0, 0.1) is 10.6 Å². The Hall–Kier alpha value is -2.78. The summed E-state index contributed by atoms with van der Waals surface area (Å²) in [4.78, 5) is 16.3. The normalized spacial score (nSPS) is 10.6. The molecule has 10 heteroatoms. The van der Waals surface area contributed by atoms with Crippen molar-refractivity contribution in [1.82, 2.24) is 19.4 Å². The SMILES string of the molecule is Nc1nn(CC(=O)c2ccc(F)c(Cl)c2)c(=S)n1Nc1ccncc1. The van der Waals surface area contributed by atoms with E-state index >= 15 is 0 Å². The molecule has 0 radical (unpaired) electrons. The number of hydrogen-bond acceptors (Lipinski definition) is 6. The van der Waals surface area contributed by atoms with E-state index in [1.807, 2.05) is 0 Å². The molecule has 0 amide bonds. The third-order valence-electron chi connectivity index (χ3n) is 3.32. The molecule has 3 aromatic rings. The van der Waals surface area contributed by atoms with Crippen LogP contribution in [-0.4, -0.2) is 25.2 Å². The average molecular weight is 379 g/mol. The summed E-state index contributed by atoms with van der Waals surface area (Å²) in [5, 5.41) is 3.93. The average Bonchev–Trinajstić information content (AvgIpc) is 2.85. The number of aromatic nitrogens is 4. The zero-order valence-corrected chi connectivity index (χ0v) is 14.3. The van der Waals surface area contributed by atoms with Gasteiger partial charge in [-0.2, -0.15) is 4.68 Å². The number of nitrogens with two attached hydrogens (primary N) is 1. The Labute approximate surface area is 151 Å². The second-order valence-electron chi connectivity index (χ2n) is 5.03. The summed E-state index contributed by atoms with van der Waals surface area (Å²) >= 11 is 11.0. The van der Waals surface area contributed by atoms with Gasteiger partial charge < -0.3 is 5.73 Å². The van der Waals surface area contributed by atoms with Crippen LogP contribution >= 0.6 is 23.8 Å². The third-order valence-corrected chi connectivity index (χ3v) is 4.00. The number of nitrogens with one attached hydrogen (secondary N) is 1. The molecule has 0 fully saturated rings. The van der Waals surface area contributed by atoms with Crippen molar-refractivity contribution in [2.24, 2.45) is 0 Å². The number of hydrogen-bond donors (Lipinski definition) is 2. The van der Waals surface area contributed by atoms with Gasteiger partial charge in [-0.05, 0) is 42.5 Å². The first kappa shape index (κ1) is 17.1. The smallest absolute Gasteiger partial charge is 0.240 e. The van der Waals surface area contributed by atoms with E-state index in [0.717, 1.165) is 6.07 Å². The van der Waals surface area contributed by atoms with E-state index in [9.17, 15) is 9.18 Å². The highest BCUT2D eigenvalue weighted by Gasteiger charge is 2.14. The number of halogens is 2. The van der Waals surface area contributed by atoms with E-state index in [-0.39, 0.29) is 33.6 Å². The molecule has 0 aliphatic rings. The number of carbonyl (C=O) groups excluding carboxylic acids is 1. The fraction of sp³-hybridized carbons (Fsp3) is 0.0667. The molecular formula is C15H12ClFN6OS. The van der Waals surface area contributed by atoms with Gasteiger partial charge in [-0.15, -0.1) is 5.10 Å². The van der Waals surface area contributed by atoms with Gasteiger partial charge in [0.15, 0.2) is 5.78 Å². The molecule has 0 aliphatic heterocycles. The molecule has 128 valence electrons. The minimum atomic E-state index is -0.593.